The highest BCUT2D eigenvalue weighted by molar-refractivity contribution is 7.89. The fraction of sp³-hybridized carbons (Fsp3) is 0.350. The molecule has 0 aliphatic heterocycles. The zero-order chi connectivity index (χ0) is 21.6. The molecule has 0 bridgehead atoms. The van der Waals surface area contributed by atoms with E-state index in [9.17, 15) is 13.2 Å². The highest BCUT2D eigenvalue weighted by atomic mass is 32.2. The molecule has 2 N–H and O–H groups in total. The second-order valence-corrected chi connectivity index (χ2v) is 8.28. The van der Waals surface area contributed by atoms with E-state index in [1.165, 1.54) is 25.3 Å². The Labute approximate surface area is 171 Å². The maximum Gasteiger partial charge on any atom is 0.265 e. The Hall–Kier alpha value is -2.78. The van der Waals surface area contributed by atoms with E-state index in [1.54, 1.807) is 52.1 Å². The van der Waals surface area contributed by atoms with Gasteiger partial charge in [-0.15, -0.1) is 0 Å². The van der Waals surface area contributed by atoms with E-state index in [4.69, 9.17) is 14.2 Å². The number of anilines is 1. The lowest BCUT2D eigenvalue weighted by Crippen LogP contribution is -2.31. The van der Waals surface area contributed by atoms with Crippen molar-refractivity contribution in [2.24, 2.45) is 0 Å². The van der Waals surface area contributed by atoms with Crippen molar-refractivity contribution < 1.29 is 27.4 Å². The van der Waals surface area contributed by atoms with Gasteiger partial charge < -0.3 is 19.5 Å². The molecule has 0 aliphatic rings. The third-order valence-corrected chi connectivity index (χ3v) is 5.53. The number of benzene rings is 2. The number of nitrogens with one attached hydrogen (secondary N) is 2. The summed E-state index contributed by atoms with van der Waals surface area (Å²) in [4.78, 5) is 12.6. The maximum atomic E-state index is 12.6. The normalized spacial score (nSPS) is 12.3. The van der Waals surface area contributed by atoms with Crippen LogP contribution in [0.2, 0.25) is 0 Å². The number of carbonyl (C=O) groups is 1. The molecule has 1 unspecified atom stereocenters. The molecular weight excluding hydrogens is 396 g/mol. The van der Waals surface area contributed by atoms with Gasteiger partial charge in [0, 0.05) is 6.04 Å². The summed E-state index contributed by atoms with van der Waals surface area (Å²) < 4.78 is 43.3. The zero-order valence-corrected chi connectivity index (χ0v) is 17.9. The van der Waals surface area contributed by atoms with Gasteiger partial charge in [-0.2, -0.15) is 0 Å². The molecule has 0 spiro atoms. The van der Waals surface area contributed by atoms with Crippen LogP contribution in [0.15, 0.2) is 47.4 Å². The van der Waals surface area contributed by atoms with Gasteiger partial charge in [-0.05, 0) is 63.2 Å². The molecule has 0 aromatic heterocycles. The Morgan fingerprint density at radius 3 is 2.10 bits per heavy atom. The van der Waals surface area contributed by atoms with Gasteiger partial charge in [0.2, 0.25) is 10.0 Å². The first-order valence-electron chi connectivity index (χ1n) is 8.98. The van der Waals surface area contributed by atoms with E-state index in [1.807, 2.05) is 0 Å². The monoisotopic (exact) mass is 422 g/mol. The molecule has 29 heavy (non-hydrogen) atoms. The van der Waals surface area contributed by atoms with Gasteiger partial charge in [-0.3, -0.25) is 4.79 Å². The third-order valence-electron chi connectivity index (χ3n) is 3.87. The minimum atomic E-state index is -3.72. The molecule has 1 amide bonds. The molecule has 0 aliphatic carbocycles. The van der Waals surface area contributed by atoms with Crippen molar-refractivity contribution in [3.63, 3.8) is 0 Å². The van der Waals surface area contributed by atoms with Crippen LogP contribution in [0.25, 0.3) is 0 Å². The highest BCUT2D eigenvalue weighted by Crippen LogP contribution is 2.28. The van der Waals surface area contributed by atoms with Crippen molar-refractivity contribution >= 4 is 21.6 Å². The van der Waals surface area contributed by atoms with Crippen LogP contribution in [0, 0.1) is 0 Å². The van der Waals surface area contributed by atoms with Crippen molar-refractivity contribution in [1.82, 2.24) is 4.72 Å². The summed E-state index contributed by atoms with van der Waals surface area (Å²) >= 11 is 0. The van der Waals surface area contributed by atoms with Crippen LogP contribution in [0.5, 0.6) is 17.2 Å². The van der Waals surface area contributed by atoms with E-state index >= 15 is 0 Å². The Morgan fingerprint density at radius 2 is 1.55 bits per heavy atom. The molecule has 0 fully saturated rings. The largest absolute Gasteiger partial charge is 0.497 e. The zero-order valence-electron chi connectivity index (χ0n) is 17.1. The van der Waals surface area contributed by atoms with Gasteiger partial charge in [-0.25, -0.2) is 13.1 Å². The predicted molar refractivity (Wildman–Crippen MR) is 110 cm³/mol. The summed E-state index contributed by atoms with van der Waals surface area (Å²) in [5.41, 5.74) is 0.231. The lowest BCUT2D eigenvalue weighted by Gasteiger charge is -2.17. The van der Waals surface area contributed by atoms with Crippen LogP contribution in [-0.2, 0) is 14.8 Å². The number of carbonyl (C=O) groups excluding carboxylic acids is 1. The molecule has 1 atom stereocenters. The number of hydrogen-bond acceptors (Lipinski definition) is 6. The molecule has 8 nitrogen and oxygen atoms in total. The number of rotatable bonds is 9. The Kier molecular flexibility index (Phi) is 7.46. The fourth-order valence-electron chi connectivity index (χ4n) is 2.48. The minimum absolute atomic E-state index is 0.0195. The minimum Gasteiger partial charge on any atom is -0.497 e. The SMILES string of the molecule is COc1ccc(OC(C)C(=O)Nc2cc(S(=O)(=O)NC(C)C)ccc2OC)cc1. The van der Waals surface area contributed by atoms with Crippen molar-refractivity contribution in [1.29, 1.82) is 0 Å². The summed E-state index contributed by atoms with van der Waals surface area (Å²) in [7, 11) is -0.725. The summed E-state index contributed by atoms with van der Waals surface area (Å²) in [5.74, 6) is 1.05. The fourth-order valence-corrected chi connectivity index (χ4v) is 3.75. The molecular formula is C20H26N2O6S. The van der Waals surface area contributed by atoms with Crippen LogP contribution in [-0.4, -0.2) is 40.7 Å². The van der Waals surface area contributed by atoms with Gasteiger partial charge in [0.05, 0.1) is 24.8 Å². The van der Waals surface area contributed by atoms with E-state index < -0.39 is 22.0 Å². The third kappa shape index (κ3) is 6.10. The van der Waals surface area contributed by atoms with Gasteiger partial charge in [-0.1, -0.05) is 0 Å². The second kappa shape index (κ2) is 9.62. The lowest BCUT2D eigenvalue weighted by molar-refractivity contribution is -0.122. The molecule has 0 saturated carbocycles. The Balaban J connectivity index is 2.17. The van der Waals surface area contributed by atoms with Crippen LogP contribution in [0.4, 0.5) is 5.69 Å². The van der Waals surface area contributed by atoms with Crippen molar-refractivity contribution in [2.45, 2.75) is 37.8 Å². The number of ether oxygens (including phenoxy) is 3. The molecule has 2 aromatic rings. The number of amides is 1. The van der Waals surface area contributed by atoms with E-state index in [0.29, 0.717) is 17.2 Å². The van der Waals surface area contributed by atoms with Crippen LogP contribution >= 0.6 is 0 Å². The van der Waals surface area contributed by atoms with Crippen LogP contribution in [0.1, 0.15) is 20.8 Å². The molecule has 158 valence electrons. The van der Waals surface area contributed by atoms with E-state index in [-0.39, 0.29) is 16.6 Å². The second-order valence-electron chi connectivity index (χ2n) is 6.56. The van der Waals surface area contributed by atoms with E-state index in [0.717, 1.165) is 0 Å². The maximum absolute atomic E-state index is 12.6. The average molecular weight is 423 g/mol. The van der Waals surface area contributed by atoms with Crippen molar-refractivity contribution in [3.05, 3.63) is 42.5 Å². The van der Waals surface area contributed by atoms with Gasteiger partial charge in [0.1, 0.15) is 17.2 Å². The predicted octanol–water partition coefficient (Wildman–Crippen LogP) is 2.80. The van der Waals surface area contributed by atoms with Gasteiger partial charge in [0.25, 0.3) is 5.91 Å². The smallest absolute Gasteiger partial charge is 0.265 e. The molecule has 9 heteroatoms. The first-order valence-corrected chi connectivity index (χ1v) is 10.5. The standard InChI is InChI=1S/C20H26N2O6S/c1-13(2)22-29(24,25)17-10-11-19(27-5)18(12-17)21-20(23)14(3)28-16-8-6-15(26-4)7-9-16/h6-14,22H,1-5H3,(H,21,23). The molecule has 2 rings (SSSR count). The van der Waals surface area contributed by atoms with Crippen LogP contribution < -0.4 is 24.2 Å². The van der Waals surface area contributed by atoms with Crippen molar-refractivity contribution in [2.75, 3.05) is 19.5 Å². The Morgan fingerprint density at radius 1 is 0.931 bits per heavy atom. The molecule has 0 heterocycles. The summed E-state index contributed by atoms with van der Waals surface area (Å²) in [6, 6.07) is 10.8. The summed E-state index contributed by atoms with van der Waals surface area (Å²) in [5, 5.41) is 2.66. The van der Waals surface area contributed by atoms with Crippen molar-refractivity contribution in [3.8, 4) is 17.2 Å². The first kappa shape index (κ1) is 22.5. The topological polar surface area (TPSA) is 103 Å². The Bertz CT molecular complexity index is 942. The van der Waals surface area contributed by atoms with E-state index in [2.05, 4.69) is 10.0 Å². The quantitative estimate of drug-likeness (QED) is 0.644. The summed E-state index contributed by atoms with van der Waals surface area (Å²) in [6.07, 6.45) is -0.831. The number of sulfonamides is 1. The van der Waals surface area contributed by atoms with Gasteiger partial charge >= 0.3 is 0 Å². The average Bonchev–Trinajstić information content (AvgIpc) is 2.67. The number of methoxy groups -OCH3 is 2. The van der Waals surface area contributed by atoms with Crippen LogP contribution in [0.3, 0.4) is 0 Å². The summed E-state index contributed by atoms with van der Waals surface area (Å²) in [6.45, 7) is 5.04. The molecule has 2 aromatic carbocycles. The molecule has 0 radical (unpaired) electrons. The lowest BCUT2D eigenvalue weighted by atomic mass is 10.2. The number of hydrogen-bond donors (Lipinski definition) is 2. The highest BCUT2D eigenvalue weighted by Gasteiger charge is 2.21. The molecule has 0 saturated heterocycles. The van der Waals surface area contributed by atoms with Gasteiger partial charge in [0.15, 0.2) is 6.10 Å². The first-order chi connectivity index (χ1) is 13.7.